The summed E-state index contributed by atoms with van der Waals surface area (Å²) in [5, 5.41) is 87.0. The number of hydrogen-bond donors (Lipinski definition) is 9. The Labute approximate surface area is 488 Å². The predicted molar refractivity (Wildman–Crippen MR) is 327 cm³/mol. The second kappa shape index (κ2) is 50.6. The van der Waals surface area contributed by atoms with Crippen LogP contribution < -0.4 is 5.32 Å². The van der Waals surface area contributed by atoms with Crippen molar-refractivity contribution in [2.24, 2.45) is 0 Å². The molecule has 460 valence electrons. The zero-order chi connectivity index (χ0) is 58.8. The molecule has 9 N–H and O–H groups in total. The number of unbranched alkanes of at least 4 members (excludes halogenated alkanes) is 14. The number of aliphatic hydroxyl groups is 8. The minimum absolute atomic E-state index is 0.241. The molecule has 12 atom stereocenters. The van der Waals surface area contributed by atoms with Crippen LogP contribution in [0.15, 0.2) is 134 Å². The molecule has 2 heterocycles. The largest absolute Gasteiger partial charge is 0.394 e. The lowest BCUT2D eigenvalue weighted by Gasteiger charge is -2.46. The quantitative estimate of drug-likeness (QED) is 0.0204. The van der Waals surface area contributed by atoms with Gasteiger partial charge in [0.05, 0.1) is 32.0 Å². The van der Waals surface area contributed by atoms with E-state index in [2.05, 4.69) is 141 Å². The van der Waals surface area contributed by atoms with E-state index >= 15 is 0 Å². The van der Waals surface area contributed by atoms with Gasteiger partial charge in [0.25, 0.3) is 0 Å². The van der Waals surface area contributed by atoms with E-state index in [1.54, 1.807) is 6.08 Å². The molecule has 2 rings (SSSR count). The minimum atomic E-state index is -1.80. The summed E-state index contributed by atoms with van der Waals surface area (Å²) in [4.78, 5) is 13.3. The highest BCUT2D eigenvalue weighted by Crippen LogP contribution is 2.30. The van der Waals surface area contributed by atoms with Gasteiger partial charge in [-0.3, -0.25) is 4.79 Å². The first-order valence-electron chi connectivity index (χ1n) is 30.9. The van der Waals surface area contributed by atoms with Crippen molar-refractivity contribution in [3.63, 3.8) is 0 Å². The highest BCUT2D eigenvalue weighted by atomic mass is 16.7. The lowest BCUT2D eigenvalue weighted by molar-refractivity contribution is -0.359. The maximum Gasteiger partial charge on any atom is 0.220 e. The first-order chi connectivity index (χ1) is 39.6. The van der Waals surface area contributed by atoms with Crippen LogP contribution in [-0.2, 0) is 23.7 Å². The van der Waals surface area contributed by atoms with Crippen molar-refractivity contribution in [1.82, 2.24) is 5.32 Å². The Bertz CT molecular complexity index is 1870. The summed E-state index contributed by atoms with van der Waals surface area (Å²) in [6.07, 6.45) is 57.8. The molecule has 0 radical (unpaired) electrons. The maximum absolute atomic E-state index is 13.3. The van der Waals surface area contributed by atoms with E-state index in [0.29, 0.717) is 12.8 Å². The summed E-state index contributed by atoms with van der Waals surface area (Å²) in [5.74, 6) is -0.275. The topological polar surface area (TPSA) is 228 Å². The zero-order valence-electron chi connectivity index (χ0n) is 49.5. The summed E-state index contributed by atoms with van der Waals surface area (Å²) in [6, 6.07) is -0.952. The highest BCUT2D eigenvalue weighted by Gasteiger charge is 2.51. The Morgan fingerprint density at radius 3 is 1.36 bits per heavy atom. The van der Waals surface area contributed by atoms with E-state index in [-0.39, 0.29) is 18.9 Å². The van der Waals surface area contributed by atoms with Crippen molar-refractivity contribution >= 4 is 5.91 Å². The van der Waals surface area contributed by atoms with Crippen LogP contribution >= 0.6 is 0 Å². The fraction of sp³-hybridized carbons (Fsp3) is 0.657. The Morgan fingerprint density at radius 1 is 0.457 bits per heavy atom. The lowest BCUT2D eigenvalue weighted by Crippen LogP contribution is -2.65. The molecule has 0 aromatic rings. The van der Waals surface area contributed by atoms with Crippen molar-refractivity contribution in [2.75, 3.05) is 19.8 Å². The van der Waals surface area contributed by atoms with Crippen LogP contribution in [-0.4, -0.2) is 140 Å². The van der Waals surface area contributed by atoms with Gasteiger partial charge in [-0.25, -0.2) is 0 Å². The van der Waals surface area contributed by atoms with Crippen LogP contribution in [0.4, 0.5) is 0 Å². The van der Waals surface area contributed by atoms with Crippen LogP contribution in [0.2, 0.25) is 0 Å². The average Bonchev–Trinajstić information content (AvgIpc) is 3.47. The molecule has 0 spiro atoms. The van der Waals surface area contributed by atoms with Gasteiger partial charge in [0.15, 0.2) is 12.6 Å². The Kier molecular flexibility index (Phi) is 45.8. The molecule has 2 fully saturated rings. The van der Waals surface area contributed by atoms with Gasteiger partial charge in [-0.15, -0.1) is 0 Å². The Balaban J connectivity index is 1.72. The molecule has 12 unspecified atom stereocenters. The molecule has 0 saturated carbocycles. The van der Waals surface area contributed by atoms with Crippen molar-refractivity contribution < 1.29 is 64.6 Å². The molecule has 2 aliphatic heterocycles. The van der Waals surface area contributed by atoms with Crippen LogP contribution in [0, 0.1) is 0 Å². The number of ether oxygens (including phenoxy) is 4. The molecule has 0 aromatic carbocycles. The van der Waals surface area contributed by atoms with E-state index in [0.717, 1.165) is 103 Å². The standard InChI is InChI=1S/C67H109NO13/c1-3-5-7-9-11-13-15-17-19-20-21-22-23-24-25-26-27-28-29-30-31-32-33-34-35-36-37-39-41-43-45-47-49-51-59(72)68-55(56(71)50-48-46-44-42-40-38-18-16-14-12-10-8-6-4-2)54-78-66-64(77)62(75)65(58(53-70)80-66)81-67-63(76)61(74)60(73)57(52-69)79-67/h5,7,11,13,17,19,21-22,24-25,27-28,30-31,33-34,36-37,40,42,48,50,55-58,60-67,69-71,73-77H,3-4,6,8-10,12,14-16,18,20,23,26,29,32,35,38-39,41,43-47,49,51-54H2,1-2H3,(H,68,72)/b7-5-,13-11-,19-17-,22-21-,25-24-,28-27-,31-30-,34-33-,37-36-,42-40+,50-48+. The lowest BCUT2D eigenvalue weighted by atomic mass is 9.97. The minimum Gasteiger partial charge on any atom is -0.394 e. The third-order valence-electron chi connectivity index (χ3n) is 14.1. The molecule has 14 nitrogen and oxygen atoms in total. The van der Waals surface area contributed by atoms with Crippen LogP contribution in [0.3, 0.4) is 0 Å². The number of nitrogens with one attached hydrogen (secondary N) is 1. The van der Waals surface area contributed by atoms with Gasteiger partial charge >= 0.3 is 0 Å². The molecule has 0 aromatic heterocycles. The van der Waals surface area contributed by atoms with Crippen molar-refractivity contribution in [3.05, 3.63) is 134 Å². The molecule has 1 amide bonds. The highest BCUT2D eigenvalue weighted by molar-refractivity contribution is 5.76. The van der Waals surface area contributed by atoms with E-state index in [9.17, 15) is 45.6 Å². The monoisotopic (exact) mass is 1140 g/mol. The molecule has 2 saturated heterocycles. The normalized spacial score (nSPS) is 25.1. The third-order valence-corrected chi connectivity index (χ3v) is 14.1. The maximum atomic E-state index is 13.3. The van der Waals surface area contributed by atoms with Gasteiger partial charge in [0, 0.05) is 6.42 Å². The SMILES string of the molecule is CC/C=C\C/C=C\C/C=C\C/C=C\C/C=C\C/C=C\C/C=C\C/C=C\C/C=C\CCCCCCCC(=O)NC(COC1OC(CO)C(OC2OC(CO)C(O)C(O)C2O)C(O)C1O)C(O)/C=C/CC/C=C/CCCCCCCCCC. The van der Waals surface area contributed by atoms with Crippen molar-refractivity contribution in [3.8, 4) is 0 Å². The third kappa shape index (κ3) is 35.8. The molecule has 81 heavy (non-hydrogen) atoms. The number of carbonyl (C=O) groups is 1. The summed E-state index contributed by atoms with van der Waals surface area (Å²) < 4.78 is 22.7. The number of allylic oxidation sites excluding steroid dienone is 21. The van der Waals surface area contributed by atoms with Crippen LogP contribution in [0.1, 0.15) is 187 Å². The second-order valence-corrected chi connectivity index (χ2v) is 21.1. The number of rotatable bonds is 47. The van der Waals surface area contributed by atoms with E-state index in [4.69, 9.17) is 18.9 Å². The van der Waals surface area contributed by atoms with Gasteiger partial charge in [0.2, 0.25) is 5.91 Å². The van der Waals surface area contributed by atoms with Gasteiger partial charge in [0.1, 0.15) is 48.8 Å². The first-order valence-corrected chi connectivity index (χ1v) is 30.9. The number of amides is 1. The summed E-state index contributed by atoms with van der Waals surface area (Å²) >= 11 is 0. The zero-order valence-corrected chi connectivity index (χ0v) is 49.5. The molecular formula is C67H109NO13. The number of hydrogen-bond acceptors (Lipinski definition) is 13. The van der Waals surface area contributed by atoms with E-state index in [1.165, 1.54) is 51.4 Å². The smallest absolute Gasteiger partial charge is 0.220 e. The first kappa shape index (κ1) is 73.2. The molecule has 0 bridgehead atoms. The fourth-order valence-corrected chi connectivity index (χ4v) is 9.12. The Morgan fingerprint density at radius 2 is 0.864 bits per heavy atom. The van der Waals surface area contributed by atoms with Gasteiger partial charge in [-0.05, 0) is 103 Å². The molecule has 2 aliphatic rings. The Hall–Kier alpha value is -3.87. The van der Waals surface area contributed by atoms with Gasteiger partial charge < -0.3 is 65.1 Å². The summed E-state index contributed by atoms with van der Waals surface area (Å²) in [6.45, 7) is 2.62. The molecule has 0 aliphatic carbocycles. The van der Waals surface area contributed by atoms with E-state index in [1.807, 2.05) is 6.08 Å². The van der Waals surface area contributed by atoms with Crippen molar-refractivity contribution in [1.29, 1.82) is 0 Å². The number of carbonyl (C=O) groups excluding carboxylic acids is 1. The average molecular weight is 1140 g/mol. The van der Waals surface area contributed by atoms with Crippen LogP contribution in [0.5, 0.6) is 0 Å². The van der Waals surface area contributed by atoms with Gasteiger partial charge in [-0.1, -0.05) is 212 Å². The second-order valence-electron chi connectivity index (χ2n) is 21.1. The van der Waals surface area contributed by atoms with Gasteiger partial charge in [-0.2, -0.15) is 0 Å². The summed E-state index contributed by atoms with van der Waals surface area (Å²) in [5.41, 5.74) is 0. The number of aliphatic hydroxyl groups excluding tert-OH is 8. The molecular weight excluding hydrogens is 1030 g/mol. The predicted octanol–water partition coefficient (Wildman–Crippen LogP) is 11.2. The van der Waals surface area contributed by atoms with Crippen LogP contribution in [0.25, 0.3) is 0 Å². The van der Waals surface area contributed by atoms with Crippen molar-refractivity contribution in [2.45, 2.75) is 261 Å². The van der Waals surface area contributed by atoms with E-state index < -0.39 is 86.8 Å². The molecule has 14 heteroatoms. The summed E-state index contributed by atoms with van der Waals surface area (Å²) in [7, 11) is 0. The fourth-order valence-electron chi connectivity index (χ4n) is 9.12.